The molecule has 178 valence electrons. The molecule has 2 heterocycles. The van der Waals surface area contributed by atoms with Crippen molar-refractivity contribution in [2.24, 2.45) is 0 Å². The van der Waals surface area contributed by atoms with Crippen LogP contribution in [0.15, 0.2) is 60.8 Å². The summed E-state index contributed by atoms with van der Waals surface area (Å²) in [5.74, 6) is 0.716. The summed E-state index contributed by atoms with van der Waals surface area (Å²) in [5.41, 5.74) is 3.13. The van der Waals surface area contributed by atoms with Crippen LogP contribution in [0.5, 0.6) is 11.5 Å². The van der Waals surface area contributed by atoms with E-state index in [9.17, 15) is 9.90 Å². The Hall–Kier alpha value is -3.62. The second-order valence-corrected chi connectivity index (χ2v) is 8.36. The predicted molar refractivity (Wildman–Crippen MR) is 130 cm³/mol. The minimum Gasteiger partial charge on any atom is -0.504 e. The lowest BCUT2D eigenvalue weighted by Crippen LogP contribution is -2.46. The number of phenolic OH excluding ortho intramolecular Hbond substituents is 1. The molecule has 0 amide bonds. The number of hydrogen-bond acceptors (Lipinski definition) is 7. The molecule has 0 saturated carbocycles. The minimum atomic E-state index is -0.929. The highest BCUT2D eigenvalue weighted by atomic mass is 16.5. The lowest BCUT2D eigenvalue weighted by molar-refractivity contribution is 0.0697. The van der Waals surface area contributed by atoms with Crippen molar-refractivity contribution in [1.29, 1.82) is 0 Å². The van der Waals surface area contributed by atoms with Crippen molar-refractivity contribution in [2.75, 3.05) is 38.2 Å². The van der Waals surface area contributed by atoms with Crippen LogP contribution in [0.2, 0.25) is 0 Å². The number of benzene rings is 2. The normalized spacial score (nSPS) is 14.2. The minimum absolute atomic E-state index is 0.183. The lowest BCUT2D eigenvalue weighted by Gasteiger charge is -2.35. The Balaban J connectivity index is 1.36. The standard InChI is InChI=1S/C26H30N4O4/c1-34-23-15-20(17-27-16-19-5-7-21(8-6-19)26(32)33)14-22(25(23)31)18-29-10-12-30(13-11-29)24-4-2-3-9-28-24/h2-9,14-15,27,31H,10-13,16-18H2,1H3,(H,32,33). The summed E-state index contributed by atoms with van der Waals surface area (Å²) in [6.45, 7) is 5.38. The third-order valence-electron chi connectivity index (χ3n) is 6.03. The number of piperazine rings is 1. The van der Waals surface area contributed by atoms with Gasteiger partial charge in [-0.3, -0.25) is 4.90 Å². The SMILES string of the molecule is COc1cc(CNCc2ccc(C(=O)O)cc2)cc(CN2CCN(c3ccccn3)CC2)c1O. The van der Waals surface area contributed by atoms with Crippen LogP contribution in [0.3, 0.4) is 0 Å². The fourth-order valence-corrected chi connectivity index (χ4v) is 4.14. The second kappa shape index (κ2) is 11.0. The summed E-state index contributed by atoms with van der Waals surface area (Å²) in [6.07, 6.45) is 1.82. The van der Waals surface area contributed by atoms with Crippen LogP contribution in [-0.4, -0.2) is 59.4 Å². The number of nitrogens with zero attached hydrogens (tertiary/aromatic N) is 3. The Morgan fingerprint density at radius 1 is 1.03 bits per heavy atom. The largest absolute Gasteiger partial charge is 0.504 e. The second-order valence-electron chi connectivity index (χ2n) is 8.36. The Kier molecular flexibility index (Phi) is 7.61. The molecule has 8 heteroatoms. The first kappa shape index (κ1) is 23.5. The average Bonchev–Trinajstić information content (AvgIpc) is 2.87. The van der Waals surface area contributed by atoms with Gasteiger partial charge in [0, 0.05) is 57.6 Å². The summed E-state index contributed by atoms with van der Waals surface area (Å²) < 4.78 is 5.42. The lowest BCUT2D eigenvalue weighted by atomic mass is 10.1. The van der Waals surface area contributed by atoms with Crippen LogP contribution in [0.1, 0.15) is 27.0 Å². The van der Waals surface area contributed by atoms with Gasteiger partial charge >= 0.3 is 5.97 Å². The van der Waals surface area contributed by atoms with E-state index >= 15 is 0 Å². The van der Waals surface area contributed by atoms with Gasteiger partial charge in [-0.15, -0.1) is 0 Å². The quantitative estimate of drug-likeness (QED) is 0.446. The van der Waals surface area contributed by atoms with E-state index in [0.717, 1.165) is 48.7 Å². The predicted octanol–water partition coefficient (Wildman–Crippen LogP) is 3.11. The molecule has 0 spiro atoms. The third-order valence-corrected chi connectivity index (χ3v) is 6.03. The number of methoxy groups -OCH3 is 1. The number of anilines is 1. The topological polar surface area (TPSA) is 98.2 Å². The van der Waals surface area contributed by atoms with Gasteiger partial charge in [0.05, 0.1) is 12.7 Å². The molecule has 34 heavy (non-hydrogen) atoms. The summed E-state index contributed by atoms with van der Waals surface area (Å²) >= 11 is 0. The van der Waals surface area contributed by atoms with E-state index in [4.69, 9.17) is 9.84 Å². The average molecular weight is 463 g/mol. The first-order valence-corrected chi connectivity index (χ1v) is 11.3. The van der Waals surface area contributed by atoms with Gasteiger partial charge in [0.2, 0.25) is 0 Å². The van der Waals surface area contributed by atoms with Crippen molar-refractivity contribution >= 4 is 11.8 Å². The molecule has 0 aliphatic carbocycles. The Morgan fingerprint density at radius 3 is 2.41 bits per heavy atom. The maximum atomic E-state index is 11.0. The molecule has 1 saturated heterocycles. The van der Waals surface area contributed by atoms with Crippen molar-refractivity contribution in [3.05, 3.63) is 83.0 Å². The van der Waals surface area contributed by atoms with Gasteiger partial charge in [-0.05, 0) is 47.5 Å². The van der Waals surface area contributed by atoms with Crippen molar-refractivity contribution in [1.82, 2.24) is 15.2 Å². The number of phenols is 1. The van der Waals surface area contributed by atoms with Gasteiger partial charge < -0.3 is 25.2 Å². The van der Waals surface area contributed by atoms with Crippen LogP contribution < -0.4 is 15.0 Å². The number of carboxylic acids is 1. The molecule has 0 radical (unpaired) electrons. The van der Waals surface area contributed by atoms with E-state index < -0.39 is 5.97 Å². The van der Waals surface area contributed by atoms with Gasteiger partial charge in [0.1, 0.15) is 5.82 Å². The van der Waals surface area contributed by atoms with Gasteiger partial charge in [-0.25, -0.2) is 9.78 Å². The van der Waals surface area contributed by atoms with E-state index in [1.807, 2.05) is 48.7 Å². The number of carboxylic acid groups (broad SMARTS) is 1. The third kappa shape index (κ3) is 5.84. The zero-order valence-electron chi connectivity index (χ0n) is 19.3. The van der Waals surface area contributed by atoms with Crippen LogP contribution in [-0.2, 0) is 19.6 Å². The summed E-state index contributed by atoms with van der Waals surface area (Å²) in [7, 11) is 1.56. The monoisotopic (exact) mass is 462 g/mol. The zero-order valence-corrected chi connectivity index (χ0v) is 19.3. The number of rotatable bonds is 9. The van der Waals surface area contributed by atoms with Crippen LogP contribution in [0.25, 0.3) is 0 Å². The smallest absolute Gasteiger partial charge is 0.335 e. The van der Waals surface area contributed by atoms with E-state index in [1.54, 1.807) is 19.2 Å². The molecule has 1 aromatic heterocycles. The number of ether oxygens (including phenoxy) is 1. The fraction of sp³-hybridized carbons (Fsp3) is 0.308. The number of nitrogens with one attached hydrogen (secondary N) is 1. The van der Waals surface area contributed by atoms with Crippen LogP contribution >= 0.6 is 0 Å². The van der Waals surface area contributed by atoms with E-state index in [1.165, 1.54) is 0 Å². The molecule has 0 unspecified atom stereocenters. The molecular formula is C26H30N4O4. The number of pyridine rings is 1. The number of hydrogen-bond donors (Lipinski definition) is 3. The highest BCUT2D eigenvalue weighted by molar-refractivity contribution is 5.87. The van der Waals surface area contributed by atoms with Crippen LogP contribution in [0, 0.1) is 0 Å². The summed E-state index contributed by atoms with van der Waals surface area (Å²) in [4.78, 5) is 20.0. The van der Waals surface area contributed by atoms with Gasteiger partial charge in [0.25, 0.3) is 0 Å². The van der Waals surface area contributed by atoms with Gasteiger partial charge in [-0.2, -0.15) is 0 Å². The van der Waals surface area contributed by atoms with E-state index in [2.05, 4.69) is 20.1 Å². The Bertz CT molecular complexity index is 1100. The van der Waals surface area contributed by atoms with Crippen molar-refractivity contribution in [3.8, 4) is 11.5 Å². The Morgan fingerprint density at radius 2 is 1.76 bits per heavy atom. The molecule has 2 aromatic carbocycles. The molecule has 1 aliphatic heterocycles. The van der Waals surface area contributed by atoms with Crippen molar-refractivity contribution in [3.63, 3.8) is 0 Å². The molecule has 8 nitrogen and oxygen atoms in total. The maximum absolute atomic E-state index is 11.0. The molecule has 0 bridgehead atoms. The number of aromatic nitrogens is 1. The molecule has 3 aromatic rings. The highest BCUT2D eigenvalue weighted by Crippen LogP contribution is 2.32. The number of aromatic hydroxyl groups is 1. The summed E-state index contributed by atoms with van der Waals surface area (Å²) in [5, 5.41) is 23.1. The summed E-state index contributed by atoms with van der Waals surface area (Å²) in [6, 6.07) is 16.7. The maximum Gasteiger partial charge on any atom is 0.335 e. The zero-order chi connectivity index (χ0) is 23.9. The highest BCUT2D eigenvalue weighted by Gasteiger charge is 2.20. The molecule has 3 N–H and O–H groups in total. The van der Waals surface area contributed by atoms with Gasteiger partial charge in [0.15, 0.2) is 11.5 Å². The first-order valence-electron chi connectivity index (χ1n) is 11.3. The first-order chi connectivity index (χ1) is 16.5. The number of aromatic carboxylic acids is 1. The number of carbonyl (C=O) groups is 1. The van der Waals surface area contributed by atoms with Crippen LogP contribution in [0.4, 0.5) is 5.82 Å². The van der Waals surface area contributed by atoms with Crippen molar-refractivity contribution in [2.45, 2.75) is 19.6 Å². The molecule has 1 fully saturated rings. The van der Waals surface area contributed by atoms with Gasteiger partial charge in [-0.1, -0.05) is 18.2 Å². The molecular weight excluding hydrogens is 432 g/mol. The molecule has 0 atom stereocenters. The van der Waals surface area contributed by atoms with E-state index in [-0.39, 0.29) is 11.3 Å². The van der Waals surface area contributed by atoms with Crippen molar-refractivity contribution < 1.29 is 19.7 Å². The Labute approximate surface area is 199 Å². The molecule has 4 rings (SSSR count). The van der Waals surface area contributed by atoms with E-state index in [0.29, 0.717) is 25.4 Å². The molecule has 1 aliphatic rings. The fourth-order valence-electron chi connectivity index (χ4n) is 4.14.